The van der Waals surface area contributed by atoms with E-state index < -0.39 is 11.8 Å². The van der Waals surface area contributed by atoms with Gasteiger partial charge in [0.2, 0.25) is 0 Å². The van der Waals surface area contributed by atoms with Gasteiger partial charge in [0.1, 0.15) is 0 Å². The van der Waals surface area contributed by atoms with Crippen molar-refractivity contribution in [2.45, 2.75) is 13.8 Å². The van der Waals surface area contributed by atoms with Crippen LogP contribution in [0.5, 0.6) is 0 Å². The molecule has 2 amide bonds. The maximum absolute atomic E-state index is 11.6. The molecule has 1 aliphatic rings. The second kappa shape index (κ2) is 4.43. The molecule has 0 aromatic carbocycles. The van der Waals surface area contributed by atoms with Crippen LogP contribution in [0.3, 0.4) is 0 Å². The molecule has 1 fully saturated rings. The van der Waals surface area contributed by atoms with E-state index in [0.29, 0.717) is 25.4 Å². The van der Waals surface area contributed by atoms with Crippen molar-refractivity contribution in [3.05, 3.63) is 0 Å². The number of piperazine rings is 1. The van der Waals surface area contributed by atoms with Crippen LogP contribution in [-0.2, 0) is 9.59 Å². The second-order valence-electron chi connectivity index (χ2n) is 4.78. The summed E-state index contributed by atoms with van der Waals surface area (Å²) in [7, 11) is 1.65. The first kappa shape index (κ1) is 12.4. The lowest BCUT2D eigenvalue weighted by Gasteiger charge is -2.36. The van der Waals surface area contributed by atoms with Gasteiger partial charge in [-0.3, -0.25) is 9.59 Å². The van der Waals surface area contributed by atoms with Crippen LogP contribution < -0.4 is 0 Å². The molecule has 1 rings (SSSR count). The van der Waals surface area contributed by atoms with E-state index in [0.717, 1.165) is 0 Å². The highest BCUT2D eigenvalue weighted by Gasteiger charge is 2.33. The predicted octanol–water partition coefficient (Wildman–Crippen LogP) is 0.243. The van der Waals surface area contributed by atoms with Gasteiger partial charge in [-0.15, -0.1) is 0 Å². The molecule has 0 atom stereocenters. The van der Waals surface area contributed by atoms with Gasteiger partial charge in [-0.2, -0.15) is 12.6 Å². The smallest absolute Gasteiger partial charge is 0.312 e. The highest BCUT2D eigenvalue weighted by Crippen LogP contribution is 2.19. The number of hydrogen-bond acceptors (Lipinski definition) is 3. The van der Waals surface area contributed by atoms with Crippen molar-refractivity contribution in [3.8, 4) is 0 Å². The number of nitrogens with zero attached hydrogens (tertiary/aromatic N) is 2. The zero-order valence-corrected chi connectivity index (χ0v) is 10.4. The molecule has 0 aliphatic carbocycles. The number of likely N-dealkylation sites (N-methyl/N-ethyl adjacent to an activating group) is 1. The predicted molar refractivity (Wildman–Crippen MR) is 61.9 cm³/mol. The van der Waals surface area contributed by atoms with E-state index in [4.69, 9.17) is 0 Å². The van der Waals surface area contributed by atoms with Gasteiger partial charge < -0.3 is 9.80 Å². The van der Waals surface area contributed by atoms with Crippen molar-refractivity contribution in [2.24, 2.45) is 5.41 Å². The number of thiol groups is 1. The first-order valence-corrected chi connectivity index (χ1v) is 5.66. The summed E-state index contributed by atoms with van der Waals surface area (Å²) in [5, 5.41) is 0. The van der Waals surface area contributed by atoms with E-state index in [1.54, 1.807) is 11.9 Å². The minimum atomic E-state index is -0.406. The summed E-state index contributed by atoms with van der Waals surface area (Å²) in [6.07, 6.45) is 0. The molecule has 1 heterocycles. The van der Waals surface area contributed by atoms with Crippen LogP contribution in [0.2, 0.25) is 0 Å². The monoisotopic (exact) mass is 230 g/mol. The van der Waals surface area contributed by atoms with Crippen LogP contribution in [0.4, 0.5) is 0 Å². The molecule has 0 spiro atoms. The fourth-order valence-corrected chi connectivity index (χ4v) is 1.59. The van der Waals surface area contributed by atoms with Crippen LogP contribution >= 0.6 is 12.6 Å². The van der Waals surface area contributed by atoms with Gasteiger partial charge in [0.25, 0.3) is 0 Å². The van der Waals surface area contributed by atoms with E-state index >= 15 is 0 Å². The van der Waals surface area contributed by atoms with Crippen molar-refractivity contribution in [2.75, 3.05) is 32.4 Å². The fraction of sp³-hybridized carbons (Fsp3) is 0.800. The highest BCUT2D eigenvalue weighted by atomic mass is 32.1. The Balaban J connectivity index is 2.65. The van der Waals surface area contributed by atoms with Crippen LogP contribution in [-0.4, -0.2) is 54.0 Å². The van der Waals surface area contributed by atoms with Crippen LogP contribution in [0.1, 0.15) is 13.8 Å². The van der Waals surface area contributed by atoms with Crippen LogP contribution in [0.15, 0.2) is 0 Å². The average molecular weight is 230 g/mol. The molecule has 1 saturated heterocycles. The first-order valence-electron chi connectivity index (χ1n) is 5.02. The van der Waals surface area contributed by atoms with E-state index in [1.807, 2.05) is 13.8 Å². The third kappa shape index (κ3) is 2.87. The molecular formula is C10H18N2O2S. The molecule has 1 aliphatic heterocycles. The first-order chi connectivity index (χ1) is 6.87. The summed E-state index contributed by atoms with van der Waals surface area (Å²) in [6.45, 7) is 5.91. The molecule has 4 nitrogen and oxygen atoms in total. The van der Waals surface area contributed by atoms with Gasteiger partial charge >= 0.3 is 11.8 Å². The Hall–Kier alpha value is -0.710. The maximum atomic E-state index is 11.6. The summed E-state index contributed by atoms with van der Waals surface area (Å²) in [5.41, 5.74) is -0.0467. The summed E-state index contributed by atoms with van der Waals surface area (Å²) in [6, 6.07) is 0. The van der Waals surface area contributed by atoms with Gasteiger partial charge in [-0.05, 0) is 11.2 Å². The quantitative estimate of drug-likeness (QED) is 0.557. The Labute approximate surface area is 96.0 Å². The Kier molecular flexibility index (Phi) is 3.65. The lowest BCUT2D eigenvalue weighted by atomic mass is 9.95. The highest BCUT2D eigenvalue weighted by molar-refractivity contribution is 7.80. The third-order valence-corrected chi connectivity index (χ3v) is 3.43. The van der Waals surface area contributed by atoms with Crippen molar-refractivity contribution in [3.63, 3.8) is 0 Å². The molecular weight excluding hydrogens is 212 g/mol. The van der Waals surface area contributed by atoms with Crippen molar-refractivity contribution >= 4 is 24.4 Å². The van der Waals surface area contributed by atoms with Gasteiger partial charge in [0.05, 0.1) is 0 Å². The van der Waals surface area contributed by atoms with E-state index in [9.17, 15) is 9.59 Å². The molecule has 86 valence electrons. The Morgan fingerprint density at radius 1 is 1.27 bits per heavy atom. The SMILES string of the molecule is CN1CCN(CC(C)(C)CS)C(=O)C1=O. The van der Waals surface area contributed by atoms with Gasteiger partial charge in [-0.25, -0.2) is 0 Å². The zero-order valence-electron chi connectivity index (χ0n) is 9.49. The molecule has 0 aromatic heterocycles. The number of amides is 2. The number of hydrogen-bond donors (Lipinski definition) is 1. The number of carbonyl (C=O) groups is 2. The molecule has 0 unspecified atom stereocenters. The van der Waals surface area contributed by atoms with E-state index in [-0.39, 0.29) is 5.41 Å². The average Bonchev–Trinajstić information content (AvgIpc) is 2.19. The lowest BCUT2D eigenvalue weighted by Crippen LogP contribution is -2.55. The van der Waals surface area contributed by atoms with Crippen molar-refractivity contribution in [1.82, 2.24) is 9.80 Å². The molecule has 0 radical (unpaired) electrons. The fourth-order valence-electron chi connectivity index (χ4n) is 1.49. The van der Waals surface area contributed by atoms with E-state index in [1.165, 1.54) is 4.90 Å². The summed E-state index contributed by atoms with van der Waals surface area (Å²) in [5.74, 6) is -0.101. The normalized spacial score (nSPS) is 18.7. The Morgan fingerprint density at radius 3 is 2.40 bits per heavy atom. The lowest BCUT2D eigenvalue weighted by molar-refractivity contribution is -0.155. The van der Waals surface area contributed by atoms with Gasteiger partial charge in [0, 0.05) is 26.7 Å². The van der Waals surface area contributed by atoms with Gasteiger partial charge in [0.15, 0.2) is 0 Å². The summed E-state index contributed by atoms with van der Waals surface area (Å²) >= 11 is 4.24. The molecule has 5 heteroatoms. The standard InChI is InChI=1S/C10H18N2O2S/c1-10(2,7-15)6-12-5-4-11(3)8(13)9(12)14/h15H,4-7H2,1-3H3. The van der Waals surface area contributed by atoms with Crippen LogP contribution in [0, 0.1) is 5.41 Å². The largest absolute Gasteiger partial charge is 0.336 e. The Morgan fingerprint density at radius 2 is 1.87 bits per heavy atom. The maximum Gasteiger partial charge on any atom is 0.312 e. The van der Waals surface area contributed by atoms with E-state index in [2.05, 4.69) is 12.6 Å². The second-order valence-corrected chi connectivity index (χ2v) is 5.09. The third-order valence-electron chi connectivity index (χ3n) is 2.57. The molecule has 15 heavy (non-hydrogen) atoms. The molecule has 0 bridgehead atoms. The minimum absolute atomic E-state index is 0.0467. The van der Waals surface area contributed by atoms with Crippen molar-refractivity contribution < 1.29 is 9.59 Å². The zero-order chi connectivity index (χ0) is 11.6. The summed E-state index contributed by atoms with van der Waals surface area (Å²) in [4.78, 5) is 26.2. The Bertz CT molecular complexity index is 279. The molecule has 0 N–H and O–H groups in total. The molecule has 0 saturated carbocycles. The number of carbonyl (C=O) groups excluding carboxylic acids is 2. The van der Waals surface area contributed by atoms with Crippen molar-refractivity contribution in [1.29, 1.82) is 0 Å². The number of rotatable bonds is 3. The van der Waals surface area contributed by atoms with Crippen LogP contribution in [0.25, 0.3) is 0 Å². The minimum Gasteiger partial charge on any atom is -0.336 e. The summed E-state index contributed by atoms with van der Waals surface area (Å²) < 4.78 is 0. The van der Waals surface area contributed by atoms with Gasteiger partial charge in [-0.1, -0.05) is 13.8 Å². The topological polar surface area (TPSA) is 40.6 Å². The molecule has 0 aromatic rings.